The molecule has 0 saturated carbocycles. The number of non-ortho nitro benzene ring substituents is 1. The van der Waals surface area contributed by atoms with Crippen LogP contribution >= 0.6 is 27.5 Å². The minimum atomic E-state index is -0.639. The average Bonchev–Trinajstić information content (AvgIpc) is 2.91. The van der Waals surface area contributed by atoms with Crippen molar-refractivity contribution in [2.45, 2.75) is 32.8 Å². The highest BCUT2D eigenvalue weighted by molar-refractivity contribution is 9.10. The lowest BCUT2D eigenvalue weighted by Gasteiger charge is -2.14. The van der Waals surface area contributed by atoms with Crippen LogP contribution in [0.1, 0.15) is 43.1 Å². The van der Waals surface area contributed by atoms with Gasteiger partial charge in [0.15, 0.2) is 0 Å². The monoisotopic (exact) mass is 613 g/mol. The number of rotatable bonds is 9. The van der Waals surface area contributed by atoms with Gasteiger partial charge in [-0.05, 0) is 48.4 Å². The van der Waals surface area contributed by atoms with Crippen molar-refractivity contribution in [3.05, 3.63) is 112 Å². The molecule has 1 heterocycles. The third kappa shape index (κ3) is 6.13. The van der Waals surface area contributed by atoms with E-state index in [0.29, 0.717) is 33.2 Å². The van der Waals surface area contributed by atoms with E-state index >= 15 is 0 Å². The van der Waals surface area contributed by atoms with E-state index < -0.39 is 15.5 Å². The molecule has 0 amide bonds. The SMILES string of the molecule is CC[C@H](C)c1nc2ccc(Br)cc2c(=O)n1N=Cc1cc(Cl)c(OCc2ccc([N+](=O)[O-])cc2)c([N+](=O)[O-])c1. The second-order valence-corrected chi connectivity index (χ2v) is 9.95. The summed E-state index contributed by atoms with van der Waals surface area (Å²) < 4.78 is 7.53. The van der Waals surface area contributed by atoms with Gasteiger partial charge in [-0.3, -0.25) is 25.0 Å². The predicted molar refractivity (Wildman–Crippen MR) is 151 cm³/mol. The van der Waals surface area contributed by atoms with Crippen molar-refractivity contribution in [1.29, 1.82) is 0 Å². The van der Waals surface area contributed by atoms with Gasteiger partial charge in [-0.15, -0.1) is 0 Å². The molecule has 0 aliphatic rings. The van der Waals surface area contributed by atoms with Crippen LogP contribution in [0.25, 0.3) is 10.9 Å². The number of hydrogen-bond donors (Lipinski definition) is 0. The van der Waals surface area contributed by atoms with E-state index in [1.165, 1.54) is 47.3 Å². The van der Waals surface area contributed by atoms with E-state index in [1.54, 1.807) is 18.2 Å². The number of nitrogens with zero attached hydrogens (tertiary/aromatic N) is 5. The molecule has 11 nitrogen and oxygen atoms in total. The fourth-order valence-electron chi connectivity index (χ4n) is 3.73. The molecule has 0 N–H and O–H groups in total. The molecule has 1 aromatic heterocycles. The van der Waals surface area contributed by atoms with Crippen LogP contribution in [0.5, 0.6) is 5.75 Å². The summed E-state index contributed by atoms with van der Waals surface area (Å²) in [6.07, 6.45) is 2.01. The molecule has 0 radical (unpaired) electrons. The Morgan fingerprint density at radius 2 is 1.85 bits per heavy atom. The maximum atomic E-state index is 13.3. The highest BCUT2D eigenvalue weighted by atomic mass is 79.9. The van der Waals surface area contributed by atoms with Crippen LogP contribution in [0.15, 0.2) is 69.0 Å². The lowest BCUT2D eigenvalue weighted by Crippen LogP contribution is -2.23. The van der Waals surface area contributed by atoms with Crippen molar-refractivity contribution >= 4 is 56.0 Å². The number of halogens is 2. The lowest BCUT2D eigenvalue weighted by molar-refractivity contribution is -0.386. The number of fused-ring (bicyclic) bond motifs is 1. The van der Waals surface area contributed by atoms with E-state index in [1.807, 2.05) is 13.8 Å². The first-order valence-corrected chi connectivity index (χ1v) is 12.9. The third-order valence-electron chi connectivity index (χ3n) is 5.98. The highest BCUT2D eigenvalue weighted by Gasteiger charge is 2.21. The normalized spacial score (nSPS) is 12.1. The molecule has 0 aliphatic carbocycles. The van der Waals surface area contributed by atoms with Gasteiger partial charge in [-0.25, -0.2) is 4.98 Å². The zero-order valence-electron chi connectivity index (χ0n) is 20.7. The molecule has 1 atom stereocenters. The largest absolute Gasteiger partial charge is 0.481 e. The summed E-state index contributed by atoms with van der Waals surface area (Å²) in [4.78, 5) is 39.4. The molecule has 39 heavy (non-hydrogen) atoms. The second kappa shape index (κ2) is 11.7. The van der Waals surface area contributed by atoms with Gasteiger partial charge in [-0.1, -0.05) is 41.4 Å². The van der Waals surface area contributed by atoms with Gasteiger partial charge in [0.1, 0.15) is 12.4 Å². The van der Waals surface area contributed by atoms with Crippen molar-refractivity contribution in [1.82, 2.24) is 9.66 Å². The number of ether oxygens (including phenoxy) is 1. The molecule has 4 aromatic rings. The Kier molecular flexibility index (Phi) is 8.36. The topological polar surface area (TPSA) is 143 Å². The third-order valence-corrected chi connectivity index (χ3v) is 6.76. The van der Waals surface area contributed by atoms with Gasteiger partial charge in [0.05, 0.1) is 32.0 Å². The smallest absolute Gasteiger partial charge is 0.313 e. The van der Waals surface area contributed by atoms with Gasteiger partial charge >= 0.3 is 5.69 Å². The number of nitro groups is 2. The number of benzene rings is 3. The maximum Gasteiger partial charge on any atom is 0.313 e. The predicted octanol–water partition coefficient (Wildman–Crippen LogP) is 6.60. The quantitative estimate of drug-likeness (QED) is 0.117. The standard InChI is InChI=1S/C26H21BrClN5O6/c1-3-15(2)25-30-22-9-6-18(27)12-20(22)26(34)31(25)29-13-17-10-21(28)24(23(11-17)33(37)38)39-14-16-4-7-19(8-5-16)32(35)36/h4-13,15H,3,14H2,1-2H3/t15-/m0/s1. The Hall–Kier alpha value is -4.16. The van der Waals surface area contributed by atoms with Gasteiger partial charge < -0.3 is 4.74 Å². The van der Waals surface area contributed by atoms with Crippen LogP contribution in [0, 0.1) is 20.2 Å². The zero-order valence-corrected chi connectivity index (χ0v) is 23.0. The van der Waals surface area contributed by atoms with Gasteiger partial charge in [0, 0.05) is 34.2 Å². The average molecular weight is 615 g/mol. The number of hydrogen-bond acceptors (Lipinski definition) is 8. The van der Waals surface area contributed by atoms with Crippen LogP contribution in [0.3, 0.4) is 0 Å². The van der Waals surface area contributed by atoms with Crippen LogP contribution in [-0.2, 0) is 6.61 Å². The maximum absolute atomic E-state index is 13.3. The molecule has 4 rings (SSSR count). The molecule has 0 aliphatic heterocycles. The first kappa shape index (κ1) is 27.9. The Morgan fingerprint density at radius 3 is 2.49 bits per heavy atom. The van der Waals surface area contributed by atoms with Gasteiger partial charge in [0.2, 0.25) is 5.75 Å². The summed E-state index contributed by atoms with van der Waals surface area (Å²) in [6, 6.07) is 13.5. The Bertz CT molecular complexity index is 1670. The van der Waals surface area contributed by atoms with Crippen molar-refractivity contribution in [2.24, 2.45) is 5.10 Å². The minimum Gasteiger partial charge on any atom is -0.481 e. The molecule has 3 aromatic carbocycles. The van der Waals surface area contributed by atoms with Crippen LogP contribution in [0.4, 0.5) is 11.4 Å². The molecular formula is C26H21BrClN5O6. The van der Waals surface area contributed by atoms with Crippen molar-refractivity contribution in [2.75, 3.05) is 0 Å². The molecule has 0 fully saturated rings. The molecule has 0 spiro atoms. The zero-order chi connectivity index (χ0) is 28.3. The number of aromatic nitrogens is 2. The highest BCUT2D eigenvalue weighted by Crippen LogP contribution is 2.36. The molecular weight excluding hydrogens is 594 g/mol. The molecule has 0 saturated heterocycles. The van der Waals surface area contributed by atoms with E-state index in [2.05, 4.69) is 26.0 Å². The van der Waals surface area contributed by atoms with Crippen LogP contribution in [0.2, 0.25) is 5.02 Å². The second-order valence-electron chi connectivity index (χ2n) is 8.62. The Balaban J connectivity index is 1.69. The lowest BCUT2D eigenvalue weighted by atomic mass is 10.1. The molecule has 0 bridgehead atoms. The van der Waals surface area contributed by atoms with Gasteiger partial charge in [0.25, 0.3) is 11.2 Å². The molecule has 0 unspecified atom stereocenters. The molecule has 200 valence electrons. The van der Waals surface area contributed by atoms with Crippen LogP contribution < -0.4 is 10.3 Å². The molecule has 13 heteroatoms. The Labute approximate surface area is 235 Å². The summed E-state index contributed by atoms with van der Waals surface area (Å²) in [7, 11) is 0. The summed E-state index contributed by atoms with van der Waals surface area (Å²) in [5.41, 5.74) is 0.501. The summed E-state index contributed by atoms with van der Waals surface area (Å²) in [5.74, 6) is 0.208. The summed E-state index contributed by atoms with van der Waals surface area (Å²) in [6.45, 7) is 3.80. The van der Waals surface area contributed by atoms with Gasteiger partial charge in [-0.2, -0.15) is 9.78 Å². The minimum absolute atomic E-state index is 0.0392. The number of nitro benzene ring substituents is 2. The fraction of sp³-hybridized carbons (Fsp3) is 0.192. The van der Waals surface area contributed by atoms with E-state index in [4.69, 9.17) is 16.3 Å². The first-order valence-electron chi connectivity index (χ1n) is 11.7. The van der Waals surface area contributed by atoms with Crippen molar-refractivity contribution < 1.29 is 14.6 Å². The van der Waals surface area contributed by atoms with E-state index in [-0.39, 0.29) is 40.1 Å². The van der Waals surface area contributed by atoms with Crippen molar-refractivity contribution in [3.63, 3.8) is 0 Å². The summed E-state index contributed by atoms with van der Waals surface area (Å²) in [5, 5.41) is 27.3. The van der Waals surface area contributed by atoms with E-state index in [0.717, 1.165) is 0 Å². The fourth-order valence-corrected chi connectivity index (χ4v) is 4.36. The van der Waals surface area contributed by atoms with Crippen LogP contribution in [-0.4, -0.2) is 25.7 Å². The van der Waals surface area contributed by atoms with Crippen molar-refractivity contribution in [3.8, 4) is 5.75 Å². The summed E-state index contributed by atoms with van der Waals surface area (Å²) >= 11 is 9.73. The first-order chi connectivity index (χ1) is 18.6. The van der Waals surface area contributed by atoms with E-state index in [9.17, 15) is 25.0 Å². The Morgan fingerprint density at radius 1 is 1.13 bits per heavy atom.